The number of rotatable bonds is 4. The van der Waals surface area contributed by atoms with Crippen LogP contribution in [0.4, 0.5) is 4.39 Å². The highest BCUT2D eigenvalue weighted by Crippen LogP contribution is 2.37. The maximum absolute atomic E-state index is 13.5. The molecule has 1 aromatic rings. The minimum atomic E-state index is -0.0465. The summed E-state index contributed by atoms with van der Waals surface area (Å²) in [5.41, 5.74) is 0.894. The first-order chi connectivity index (χ1) is 7.66. The highest BCUT2D eigenvalue weighted by Gasteiger charge is 2.31. The van der Waals surface area contributed by atoms with Crippen molar-refractivity contribution in [2.24, 2.45) is 5.92 Å². The summed E-state index contributed by atoms with van der Waals surface area (Å²) in [6.45, 7) is 5.48. The molecule has 0 radical (unpaired) electrons. The number of halogens is 1. The lowest BCUT2D eigenvalue weighted by Crippen LogP contribution is -2.41. The van der Waals surface area contributed by atoms with Gasteiger partial charge in [-0.05, 0) is 42.9 Å². The van der Waals surface area contributed by atoms with Crippen LogP contribution in [-0.4, -0.2) is 12.6 Å². The van der Waals surface area contributed by atoms with Gasteiger partial charge >= 0.3 is 0 Å². The fourth-order valence-electron chi connectivity index (χ4n) is 2.25. The second kappa shape index (κ2) is 4.96. The second-order valence-corrected chi connectivity index (χ2v) is 5.19. The first kappa shape index (κ1) is 11.6. The Balaban J connectivity index is 1.82. The van der Waals surface area contributed by atoms with Gasteiger partial charge < -0.3 is 5.32 Å². The third kappa shape index (κ3) is 2.62. The van der Waals surface area contributed by atoms with Crippen LogP contribution in [-0.2, 0) is 0 Å². The molecule has 1 saturated carbocycles. The number of hydrogen-bond donors (Lipinski definition) is 1. The van der Waals surface area contributed by atoms with Gasteiger partial charge in [-0.25, -0.2) is 4.39 Å². The summed E-state index contributed by atoms with van der Waals surface area (Å²) in [7, 11) is 0. The molecule has 2 heteroatoms. The van der Waals surface area contributed by atoms with Crippen molar-refractivity contribution in [3.63, 3.8) is 0 Å². The van der Waals surface area contributed by atoms with Crippen LogP contribution >= 0.6 is 0 Å². The van der Waals surface area contributed by atoms with E-state index < -0.39 is 0 Å². The molecule has 16 heavy (non-hydrogen) atoms. The Morgan fingerprint density at radius 1 is 1.31 bits per heavy atom. The summed E-state index contributed by atoms with van der Waals surface area (Å²) < 4.78 is 13.5. The van der Waals surface area contributed by atoms with Crippen LogP contribution in [0.15, 0.2) is 24.3 Å². The Kier molecular flexibility index (Phi) is 3.59. The Labute approximate surface area is 97.1 Å². The van der Waals surface area contributed by atoms with Crippen molar-refractivity contribution in [1.29, 1.82) is 0 Å². The van der Waals surface area contributed by atoms with E-state index in [0.29, 0.717) is 17.9 Å². The molecule has 0 bridgehead atoms. The topological polar surface area (TPSA) is 12.0 Å². The first-order valence-corrected chi connectivity index (χ1v) is 6.14. The van der Waals surface area contributed by atoms with Crippen molar-refractivity contribution < 1.29 is 4.39 Å². The van der Waals surface area contributed by atoms with Crippen molar-refractivity contribution in [1.82, 2.24) is 5.32 Å². The van der Waals surface area contributed by atoms with E-state index in [0.717, 1.165) is 24.9 Å². The van der Waals surface area contributed by atoms with Crippen molar-refractivity contribution in [2.45, 2.75) is 38.6 Å². The molecule has 1 N–H and O–H groups in total. The van der Waals surface area contributed by atoms with E-state index in [2.05, 4.69) is 19.2 Å². The van der Waals surface area contributed by atoms with Crippen molar-refractivity contribution in [2.75, 3.05) is 6.54 Å². The molecule has 0 spiro atoms. The van der Waals surface area contributed by atoms with Gasteiger partial charge in [0.2, 0.25) is 0 Å². The second-order valence-electron chi connectivity index (χ2n) is 5.19. The number of hydrogen-bond acceptors (Lipinski definition) is 1. The Morgan fingerprint density at radius 2 is 2.00 bits per heavy atom. The zero-order valence-electron chi connectivity index (χ0n) is 10.0. The standard InChI is InChI=1S/C14H20FN/c1-10(2)9-16-12-7-11(8-12)13-5-3-4-6-14(13)15/h3-6,10-12,16H,7-9H2,1-2H3. The lowest BCUT2D eigenvalue weighted by molar-refractivity contribution is 0.277. The van der Waals surface area contributed by atoms with Crippen LogP contribution < -0.4 is 5.32 Å². The van der Waals surface area contributed by atoms with Crippen LogP contribution in [0, 0.1) is 11.7 Å². The minimum absolute atomic E-state index is 0.0465. The van der Waals surface area contributed by atoms with Gasteiger partial charge in [0.1, 0.15) is 5.82 Å². The lowest BCUT2D eigenvalue weighted by Gasteiger charge is -2.37. The van der Waals surface area contributed by atoms with Crippen LogP contribution in [0.1, 0.15) is 38.2 Å². The molecule has 0 aromatic heterocycles. The molecule has 1 aliphatic carbocycles. The molecular weight excluding hydrogens is 201 g/mol. The first-order valence-electron chi connectivity index (χ1n) is 6.14. The molecule has 0 atom stereocenters. The molecule has 0 unspecified atom stereocenters. The van der Waals surface area contributed by atoms with Gasteiger partial charge in [0, 0.05) is 6.04 Å². The molecular formula is C14H20FN. The molecule has 0 saturated heterocycles. The summed E-state index contributed by atoms with van der Waals surface area (Å²) in [6, 6.07) is 7.74. The predicted molar refractivity (Wildman–Crippen MR) is 65.0 cm³/mol. The van der Waals surface area contributed by atoms with Gasteiger partial charge in [-0.3, -0.25) is 0 Å². The predicted octanol–water partition coefficient (Wildman–Crippen LogP) is 3.32. The molecule has 1 aromatic carbocycles. The smallest absolute Gasteiger partial charge is 0.126 e. The Bertz CT molecular complexity index is 342. The van der Waals surface area contributed by atoms with E-state index in [-0.39, 0.29) is 5.82 Å². The summed E-state index contributed by atoms with van der Waals surface area (Å²) in [5.74, 6) is 1.06. The summed E-state index contributed by atoms with van der Waals surface area (Å²) >= 11 is 0. The summed E-state index contributed by atoms with van der Waals surface area (Å²) in [6.07, 6.45) is 2.15. The van der Waals surface area contributed by atoms with Crippen molar-refractivity contribution in [3.05, 3.63) is 35.6 Å². The summed E-state index contributed by atoms with van der Waals surface area (Å²) in [4.78, 5) is 0. The van der Waals surface area contributed by atoms with Gasteiger partial charge in [0.05, 0.1) is 0 Å². The zero-order chi connectivity index (χ0) is 11.5. The third-order valence-corrected chi connectivity index (χ3v) is 3.30. The normalized spacial score (nSPS) is 24.5. The molecule has 0 aliphatic heterocycles. The summed E-state index contributed by atoms with van der Waals surface area (Å²) in [5, 5.41) is 3.52. The number of benzene rings is 1. The molecule has 0 amide bonds. The fourth-order valence-corrected chi connectivity index (χ4v) is 2.25. The quantitative estimate of drug-likeness (QED) is 0.822. The van der Waals surface area contributed by atoms with Crippen molar-refractivity contribution >= 4 is 0 Å². The van der Waals surface area contributed by atoms with E-state index in [1.807, 2.05) is 12.1 Å². The highest BCUT2D eigenvalue weighted by atomic mass is 19.1. The van der Waals surface area contributed by atoms with Gasteiger partial charge in [-0.1, -0.05) is 32.0 Å². The van der Waals surface area contributed by atoms with Gasteiger partial charge in [0.15, 0.2) is 0 Å². The maximum atomic E-state index is 13.5. The van der Waals surface area contributed by atoms with Crippen LogP contribution in [0.2, 0.25) is 0 Å². The molecule has 1 nitrogen and oxygen atoms in total. The zero-order valence-corrected chi connectivity index (χ0v) is 10.0. The van der Waals surface area contributed by atoms with E-state index in [1.165, 1.54) is 0 Å². The Hall–Kier alpha value is -0.890. The van der Waals surface area contributed by atoms with E-state index in [1.54, 1.807) is 12.1 Å². The average Bonchev–Trinajstić information content (AvgIpc) is 2.17. The van der Waals surface area contributed by atoms with Crippen LogP contribution in [0.25, 0.3) is 0 Å². The molecule has 1 fully saturated rings. The van der Waals surface area contributed by atoms with E-state index in [9.17, 15) is 4.39 Å². The van der Waals surface area contributed by atoms with Gasteiger partial charge in [-0.2, -0.15) is 0 Å². The molecule has 0 heterocycles. The minimum Gasteiger partial charge on any atom is -0.314 e. The lowest BCUT2D eigenvalue weighted by atomic mass is 9.75. The van der Waals surface area contributed by atoms with E-state index >= 15 is 0 Å². The fraction of sp³-hybridized carbons (Fsp3) is 0.571. The Morgan fingerprint density at radius 3 is 2.62 bits per heavy atom. The molecule has 1 aliphatic rings. The average molecular weight is 221 g/mol. The molecule has 88 valence electrons. The SMILES string of the molecule is CC(C)CNC1CC(c2ccccc2F)C1. The van der Waals surface area contributed by atoms with Crippen LogP contribution in [0.5, 0.6) is 0 Å². The van der Waals surface area contributed by atoms with Gasteiger partial charge in [0.25, 0.3) is 0 Å². The highest BCUT2D eigenvalue weighted by molar-refractivity contribution is 5.24. The monoisotopic (exact) mass is 221 g/mol. The van der Waals surface area contributed by atoms with Gasteiger partial charge in [-0.15, -0.1) is 0 Å². The molecule has 2 rings (SSSR count). The van der Waals surface area contributed by atoms with Crippen molar-refractivity contribution in [3.8, 4) is 0 Å². The maximum Gasteiger partial charge on any atom is 0.126 e. The van der Waals surface area contributed by atoms with Crippen LogP contribution in [0.3, 0.4) is 0 Å². The third-order valence-electron chi connectivity index (χ3n) is 3.30. The van der Waals surface area contributed by atoms with E-state index in [4.69, 9.17) is 0 Å². The number of nitrogens with one attached hydrogen (secondary N) is 1. The largest absolute Gasteiger partial charge is 0.314 e.